The molecule has 2 aromatic heterocycles. The number of nitrogens with one attached hydrogen (secondary N) is 1. The Morgan fingerprint density at radius 1 is 1.24 bits per heavy atom. The van der Waals surface area contributed by atoms with Crippen molar-refractivity contribution in [2.45, 2.75) is 26.3 Å². The Balaban J connectivity index is 0.00000200. The summed E-state index contributed by atoms with van der Waals surface area (Å²) >= 11 is 3.07. The molecule has 9 heteroatoms. The minimum atomic E-state index is -0.151. The zero-order chi connectivity index (χ0) is 13.7. The highest BCUT2D eigenvalue weighted by Crippen LogP contribution is 2.11. The third kappa shape index (κ3) is 5.88. The molecule has 1 amide bonds. The zero-order valence-corrected chi connectivity index (χ0v) is 14.8. The van der Waals surface area contributed by atoms with E-state index in [0.29, 0.717) is 18.8 Å². The number of halogens is 2. The van der Waals surface area contributed by atoms with Gasteiger partial charge in [0.1, 0.15) is 10.7 Å². The number of aromatic nitrogens is 2. The van der Waals surface area contributed by atoms with Crippen molar-refractivity contribution in [3.05, 3.63) is 32.2 Å². The van der Waals surface area contributed by atoms with Gasteiger partial charge in [-0.2, -0.15) is 0 Å². The van der Waals surface area contributed by atoms with Crippen LogP contribution < -0.4 is 11.1 Å². The van der Waals surface area contributed by atoms with Gasteiger partial charge in [-0.05, 0) is 6.42 Å². The molecule has 0 aliphatic heterocycles. The van der Waals surface area contributed by atoms with Crippen molar-refractivity contribution >= 4 is 53.4 Å². The van der Waals surface area contributed by atoms with E-state index < -0.39 is 0 Å². The summed E-state index contributed by atoms with van der Waals surface area (Å²) in [5, 5.41) is 8.52. The van der Waals surface area contributed by atoms with Crippen LogP contribution >= 0.6 is 47.5 Å². The predicted molar refractivity (Wildman–Crippen MR) is 92.0 cm³/mol. The van der Waals surface area contributed by atoms with Gasteiger partial charge >= 0.3 is 0 Å². The maximum atomic E-state index is 11.8. The number of nitrogens with two attached hydrogens (primary N) is 1. The third-order valence-electron chi connectivity index (χ3n) is 2.53. The van der Waals surface area contributed by atoms with Gasteiger partial charge in [0.15, 0.2) is 0 Å². The molecule has 0 saturated carbocycles. The first-order valence-electron chi connectivity index (χ1n) is 6.09. The van der Waals surface area contributed by atoms with Gasteiger partial charge in [-0.1, -0.05) is 6.92 Å². The lowest BCUT2D eigenvalue weighted by atomic mass is 10.3. The van der Waals surface area contributed by atoms with Gasteiger partial charge < -0.3 is 11.1 Å². The normalized spacial score (nSPS) is 9.62. The molecule has 0 aliphatic rings. The predicted octanol–water partition coefficient (Wildman–Crippen LogP) is 2.44. The number of hydrogen-bond acceptors (Lipinski definition) is 6. The second kappa shape index (κ2) is 10.1. The van der Waals surface area contributed by atoms with Gasteiger partial charge in [-0.25, -0.2) is 9.97 Å². The van der Waals surface area contributed by atoms with E-state index in [9.17, 15) is 4.79 Å². The van der Waals surface area contributed by atoms with E-state index in [4.69, 9.17) is 5.73 Å². The molecule has 0 atom stereocenters. The molecule has 0 aromatic carbocycles. The van der Waals surface area contributed by atoms with Crippen molar-refractivity contribution in [2.75, 3.05) is 6.54 Å². The van der Waals surface area contributed by atoms with Gasteiger partial charge in [0.25, 0.3) is 5.91 Å². The molecule has 2 rings (SSSR count). The molecule has 5 nitrogen and oxygen atoms in total. The van der Waals surface area contributed by atoms with Crippen molar-refractivity contribution in [3.63, 3.8) is 0 Å². The van der Waals surface area contributed by atoms with Crippen molar-refractivity contribution in [2.24, 2.45) is 5.73 Å². The first kappa shape index (κ1) is 20.3. The van der Waals surface area contributed by atoms with Crippen LogP contribution in [0.25, 0.3) is 0 Å². The first-order valence-corrected chi connectivity index (χ1v) is 7.84. The van der Waals surface area contributed by atoms with Gasteiger partial charge in [-0.3, -0.25) is 4.79 Å². The Bertz CT molecular complexity index is 559. The molecular formula is C12H18Cl2N4OS2. The highest BCUT2D eigenvalue weighted by molar-refractivity contribution is 7.10. The highest BCUT2D eigenvalue weighted by atomic mass is 35.5. The van der Waals surface area contributed by atoms with Gasteiger partial charge in [0.05, 0.1) is 10.7 Å². The standard InChI is InChI=1S/C12H16N4OS2.2ClH/c1-2-10-15-8(6-18-10)3-4-14-12(17)9-7-19-11(5-13)16-9;;/h6-7H,2-5,13H2,1H3,(H,14,17);2*1H. The highest BCUT2D eigenvalue weighted by Gasteiger charge is 2.09. The van der Waals surface area contributed by atoms with Crippen molar-refractivity contribution < 1.29 is 4.79 Å². The summed E-state index contributed by atoms with van der Waals surface area (Å²) < 4.78 is 0. The Kier molecular flexibility index (Phi) is 9.72. The Morgan fingerprint density at radius 3 is 2.52 bits per heavy atom. The maximum absolute atomic E-state index is 11.8. The SMILES string of the molecule is CCc1nc(CCNC(=O)c2csc(CN)n2)cs1.Cl.Cl. The average Bonchev–Trinajstić information content (AvgIpc) is 3.07. The zero-order valence-electron chi connectivity index (χ0n) is 11.5. The smallest absolute Gasteiger partial charge is 0.270 e. The molecule has 0 radical (unpaired) electrons. The number of aryl methyl sites for hydroxylation is 1. The Morgan fingerprint density at radius 2 is 1.95 bits per heavy atom. The van der Waals surface area contributed by atoms with E-state index in [2.05, 4.69) is 22.2 Å². The molecule has 0 fully saturated rings. The van der Waals surface area contributed by atoms with Crippen LogP contribution in [0.5, 0.6) is 0 Å². The molecular weight excluding hydrogens is 351 g/mol. The largest absolute Gasteiger partial charge is 0.350 e. The first-order chi connectivity index (χ1) is 9.22. The number of rotatable bonds is 6. The summed E-state index contributed by atoms with van der Waals surface area (Å²) in [4.78, 5) is 20.4. The van der Waals surface area contributed by atoms with Crippen LogP contribution in [-0.2, 0) is 19.4 Å². The molecule has 0 unspecified atom stereocenters. The summed E-state index contributed by atoms with van der Waals surface area (Å²) in [6.45, 7) is 3.03. The van der Waals surface area contributed by atoms with E-state index in [1.807, 2.05) is 5.38 Å². The fourth-order valence-electron chi connectivity index (χ4n) is 1.53. The maximum Gasteiger partial charge on any atom is 0.270 e. The van der Waals surface area contributed by atoms with Crippen LogP contribution in [0.2, 0.25) is 0 Å². The number of carbonyl (C=O) groups excluding carboxylic acids is 1. The Labute approximate surface area is 144 Å². The fourth-order valence-corrected chi connectivity index (χ4v) is 2.96. The van der Waals surface area contributed by atoms with Crippen LogP contribution in [-0.4, -0.2) is 22.4 Å². The van der Waals surface area contributed by atoms with Crippen molar-refractivity contribution in [3.8, 4) is 0 Å². The molecule has 2 aromatic rings. The number of carbonyl (C=O) groups is 1. The topological polar surface area (TPSA) is 80.9 Å². The molecule has 0 aliphatic carbocycles. The van der Waals surface area contributed by atoms with Crippen molar-refractivity contribution in [1.82, 2.24) is 15.3 Å². The summed E-state index contributed by atoms with van der Waals surface area (Å²) in [7, 11) is 0. The molecule has 2 heterocycles. The molecule has 0 bridgehead atoms. The van der Waals surface area contributed by atoms with Gasteiger partial charge in [0.2, 0.25) is 0 Å². The van der Waals surface area contributed by atoms with E-state index in [1.165, 1.54) is 11.3 Å². The minimum Gasteiger partial charge on any atom is -0.350 e. The van der Waals surface area contributed by atoms with Crippen LogP contribution in [0.3, 0.4) is 0 Å². The molecule has 0 saturated heterocycles. The second-order valence-corrected chi connectivity index (χ2v) is 5.81. The molecule has 118 valence electrons. The van der Waals surface area contributed by atoms with Gasteiger partial charge in [-0.15, -0.1) is 47.5 Å². The number of thiazole rings is 2. The van der Waals surface area contributed by atoms with Crippen LogP contribution in [0.4, 0.5) is 0 Å². The quantitative estimate of drug-likeness (QED) is 0.820. The molecule has 0 spiro atoms. The summed E-state index contributed by atoms with van der Waals surface area (Å²) in [6.07, 6.45) is 1.70. The van der Waals surface area contributed by atoms with Crippen molar-refractivity contribution in [1.29, 1.82) is 0 Å². The number of amides is 1. The minimum absolute atomic E-state index is 0. The van der Waals surface area contributed by atoms with E-state index in [0.717, 1.165) is 28.6 Å². The lowest BCUT2D eigenvalue weighted by Gasteiger charge is -2.01. The van der Waals surface area contributed by atoms with E-state index >= 15 is 0 Å². The lowest BCUT2D eigenvalue weighted by molar-refractivity contribution is 0.0949. The van der Waals surface area contributed by atoms with Crippen LogP contribution in [0, 0.1) is 0 Å². The van der Waals surface area contributed by atoms with Crippen LogP contribution in [0.1, 0.15) is 33.1 Å². The number of nitrogens with zero attached hydrogens (tertiary/aromatic N) is 2. The second-order valence-electron chi connectivity index (χ2n) is 3.92. The molecule has 21 heavy (non-hydrogen) atoms. The lowest BCUT2D eigenvalue weighted by Crippen LogP contribution is -2.26. The third-order valence-corrected chi connectivity index (χ3v) is 4.44. The summed E-state index contributed by atoms with van der Waals surface area (Å²) in [5.74, 6) is -0.151. The van der Waals surface area contributed by atoms with Crippen LogP contribution in [0.15, 0.2) is 10.8 Å². The van der Waals surface area contributed by atoms with Gasteiger partial charge in [0, 0.05) is 30.3 Å². The Hall–Kier alpha value is -0.730. The fraction of sp³-hybridized carbons (Fsp3) is 0.417. The summed E-state index contributed by atoms with van der Waals surface area (Å²) in [5.41, 5.74) is 6.94. The van der Waals surface area contributed by atoms with E-state index in [-0.39, 0.29) is 30.7 Å². The van der Waals surface area contributed by atoms with E-state index in [1.54, 1.807) is 16.7 Å². The summed E-state index contributed by atoms with van der Waals surface area (Å²) in [6, 6.07) is 0. The average molecular weight is 369 g/mol. The monoisotopic (exact) mass is 368 g/mol. The number of hydrogen-bond donors (Lipinski definition) is 2. The molecule has 3 N–H and O–H groups in total.